The molecule has 0 aliphatic carbocycles. The van der Waals surface area contributed by atoms with Crippen LogP contribution in [-0.4, -0.2) is 36.6 Å². The third-order valence-electron chi connectivity index (χ3n) is 2.86. The van der Waals surface area contributed by atoms with Gasteiger partial charge in [0.1, 0.15) is 0 Å². The molecule has 1 aromatic rings. The zero-order valence-corrected chi connectivity index (χ0v) is 10.8. The van der Waals surface area contributed by atoms with E-state index in [1.807, 2.05) is 25.5 Å². The second kappa shape index (κ2) is 6.61. The number of nitrogens with zero attached hydrogens (tertiary/aromatic N) is 2. The average Bonchev–Trinajstić information content (AvgIpc) is 2.27. The fraction of sp³-hybridized carbons (Fsp3) is 0.615. The Morgan fingerprint density at radius 1 is 1.44 bits per heavy atom. The highest BCUT2D eigenvalue weighted by Gasteiger charge is 2.13. The Morgan fingerprint density at radius 3 is 2.69 bits per heavy atom. The number of aromatic nitrogens is 1. The lowest BCUT2D eigenvalue weighted by Crippen LogP contribution is -2.40. The summed E-state index contributed by atoms with van der Waals surface area (Å²) in [6, 6.07) is 4.65. The molecular formula is C13H23N3. The molecule has 1 atom stereocenters. The van der Waals surface area contributed by atoms with Crippen LogP contribution in [0.1, 0.15) is 19.4 Å². The Morgan fingerprint density at radius 2 is 2.19 bits per heavy atom. The maximum absolute atomic E-state index is 4.13. The summed E-state index contributed by atoms with van der Waals surface area (Å²) in [5, 5.41) is 3.36. The monoisotopic (exact) mass is 221 g/mol. The summed E-state index contributed by atoms with van der Waals surface area (Å²) >= 11 is 0. The van der Waals surface area contributed by atoms with E-state index in [1.165, 1.54) is 5.56 Å². The minimum atomic E-state index is 0.543. The molecule has 1 rings (SSSR count). The highest BCUT2D eigenvalue weighted by Crippen LogP contribution is 2.06. The van der Waals surface area contributed by atoms with Gasteiger partial charge in [-0.3, -0.25) is 4.98 Å². The van der Waals surface area contributed by atoms with Crippen molar-refractivity contribution in [2.24, 2.45) is 5.92 Å². The van der Waals surface area contributed by atoms with Crippen molar-refractivity contribution in [3.8, 4) is 0 Å². The van der Waals surface area contributed by atoms with Crippen LogP contribution >= 0.6 is 0 Å². The lowest BCUT2D eigenvalue weighted by atomic mass is 10.0. The lowest BCUT2D eigenvalue weighted by molar-refractivity contribution is 0.256. The molecule has 0 amide bonds. The van der Waals surface area contributed by atoms with E-state index in [-0.39, 0.29) is 0 Å². The van der Waals surface area contributed by atoms with E-state index >= 15 is 0 Å². The molecule has 3 nitrogen and oxygen atoms in total. The Balaban J connectivity index is 2.44. The van der Waals surface area contributed by atoms with Crippen molar-refractivity contribution in [1.82, 2.24) is 15.2 Å². The van der Waals surface area contributed by atoms with Crippen molar-refractivity contribution in [2.45, 2.75) is 26.4 Å². The van der Waals surface area contributed by atoms with E-state index in [0.29, 0.717) is 12.0 Å². The SMILES string of the molecule is CNC(CN(C)Cc1cccnc1)C(C)C. The molecule has 1 heterocycles. The van der Waals surface area contributed by atoms with Gasteiger partial charge in [0.15, 0.2) is 0 Å². The minimum Gasteiger partial charge on any atom is -0.315 e. The Kier molecular flexibility index (Phi) is 5.43. The Hall–Kier alpha value is -0.930. The molecular weight excluding hydrogens is 198 g/mol. The summed E-state index contributed by atoms with van der Waals surface area (Å²) < 4.78 is 0. The second-order valence-electron chi connectivity index (χ2n) is 4.70. The van der Waals surface area contributed by atoms with E-state index in [9.17, 15) is 0 Å². The van der Waals surface area contributed by atoms with Crippen LogP contribution in [0, 0.1) is 5.92 Å². The Bertz CT molecular complexity index is 284. The highest BCUT2D eigenvalue weighted by atomic mass is 15.1. The van der Waals surface area contributed by atoms with Gasteiger partial charge < -0.3 is 10.2 Å². The molecule has 90 valence electrons. The normalized spacial score (nSPS) is 13.4. The number of likely N-dealkylation sites (N-methyl/N-ethyl adjacent to an activating group) is 2. The zero-order valence-electron chi connectivity index (χ0n) is 10.8. The first-order valence-electron chi connectivity index (χ1n) is 5.88. The van der Waals surface area contributed by atoms with Gasteiger partial charge in [0.25, 0.3) is 0 Å². The third kappa shape index (κ3) is 4.29. The standard InChI is InChI=1S/C13H23N3/c1-11(2)13(14-3)10-16(4)9-12-6-5-7-15-8-12/h5-8,11,13-14H,9-10H2,1-4H3. The first kappa shape index (κ1) is 13.1. The van der Waals surface area contributed by atoms with Gasteiger partial charge in [-0.1, -0.05) is 19.9 Å². The van der Waals surface area contributed by atoms with E-state index in [0.717, 1.165) is 13.1 Å². The summed E-state index contributed by atoms with van der Waals surface area (Å²) in [6.07, 6.45) is 3.74. The van der Waals surface area contributed by atoms with E-state index in [2.05, 4.69) is 42.2 Å². The van der Waals surface area contributed by atoms with Gasteiger partial charge in [-0.15, -0.1) is 0 Å². The molecule has 0 aliphatic rings. The van der Waals surface area contributed by atoms with Crippen LogP contribution in [-0.2, 0) is 6.54 Å². The van der Waals surface area contributed by atoms with Crippen LogP contribution in [0.15, 0.2) is 24.5 Å². The van der Waals surface area contributed by atoms with Crippen LogP contribution in [0.2, 0.25) is 0 Å². The fourth-order valence-corrected chi connectivity index (χ4v) is 1.84. The molecule has 16 heavy (non-hydrogen) atoms. The fourth-order valence-electron chi connectivity index (χ4n) is 1.84. The van der Waals surface area contributed by atoms with Crippen LogP contribution in [0.3, 0.4) is 0 Å². The topological polar surface area (TPSA) is 28.2 Å². The van der Waals surface area contributed by atoms with E-state index in [4.69, 9.17) is 0 Å². The van der Waals surface area contributed by atoms with Crippen LogP contribution in [0.5, 0.6) is 0 Å². The summed E-state index contributed by atoms with van der Waals surface area (Å²) in [5.41, 5.74) is 1.27. The molecule has 0 spiro atoms. The summed E-state index contributed by atoms with van der Waals surface area (Å²) in [6.45, 7) is 6.51. The molecule has 0 saturated carbocycles. The maximum Gasteiger partial charge on any atom is 0.0312 e. The van der Waals surface area contributed by atoms with Crippen molar-refractivity contribution in [3.63, 3.8) is 0 Å². The molecule has 1 aromatic heterocycles. The predicted octanol–water partition coefficient (Wildman–Crippen LogP) is 1.76. The van der Waals surface area contributed by atoms with Gasteiger partial charge in [0.2, 0.25) is 0 Å². The van der Waals surface area contributed by atoms with Crippen molar-refractivity contribution in [3.05, 3.63) is 30.1 Å². The van der Waals surface area contributed by atoms with Gasteiger partial charge in [-0.2, -0.15) is 0 Å². The largest absolute Gasteiger partial charge is 0.315 e. The summed E-state index contributed by atoms with van der Waals surface area (Å²) in [7, 11) is 4.18. The van der Waals surface area contributed by atoms with Crippen molar-refractivity contribution in [2.75, 3.05) is 20.6 Å². The lowest BCUT2D eigenvalue weighted by Gasteiger charge is -2.26. The molecule has 1 N–H and O–H groups in total. The predicted molar refractivity (Wildman–Crippen MR) is 68.3 cm³/mol. The summed E-state index contributed by atoms with van der Waals surface area (Å²) in [4.78, 5) is 6.46. The quantitative estimate of drug-likeness (QED) is 0.793. The third-order valence-corrected chi connectivity index (χ3v) is 2.86. The van der Waals surface area contributed by atoms with Crippen molar-refractivity contribution in [1.29, 1.82) is 0 Å². The van der Waals surface area contributed by atoms with Gasteiger partial charge in [0, 0.05) is 31.5 Å². The Labute approximate surface area is 98.9 Å². The first-order chi connectivity index (χ1) is 7.63. The molecule has 0 fully saturated rings. The van der Waals surface area contributed by atoms with Crippen molar-refractivity contribution < 1.29 is 0 Å². The number of nitrogens with one attached hydrogen (secondary N) is 1. The smallest absolute Gasteiger partial charge is 0.0312 e. The molecule has 0 bridgehead atoms. The van der Waals surface area contributed by atoms with Crippen LogP contribution < -0.4 is 5.32 Å². The second-order valence-corrected chi connectivity index (χ2v) is 4.70. The number of hydrogen-bond donors (Lipinski definition) is 1. The van der Waals surface area contributed by atoms with Gasteiger partial charge in [0.05, 0.1) is 0 Å². The number of pyridine rings is 1. The van der Waals surface area contributed by atoms with Crippen molar-refractivity contribution >= 4 is 0 Å². The van der Waals surface area contributed by atoms with Gasteiger partial charge >= 0.3 is 0 Å². The molecule has 0 saturated heterocycles. The van der Waals surface area contributed by atoms with Crippen LogP contribution in [0.4, 0.5) is 0 Å². The number of rotatable bonds is 6. The first-order valence-corrected chi connectivity index (χ1v) is 5.88. The van der Waals surface area contributed by atoms with E-state index in [1.54, 1.807) is 0 Å². The molecule has 0 radical (unpaired) electrons. The van der Waals surface area contributed by atoms with Gasteiger partial charge in [-0.25, -0.2) is 0 Å². The van der Waals surface area contributed by atoms with Gasteiger partial charge in [-0.05, 0) is 31.6 Å². The highest BCUT2D eigenvalue weighted by molar-refractivity contribution is 5.07. The molecule has 1 unspecified atom stereocenters. The van der Waals surface area contributed by atoms with Crippen LogP contribution in [0.25, 0.3) is 0 Å². The minimum absolute atomic E-state index is 0.543. The molecule has 3 heteroatoms. The average molecular weight is 221 g/mol. The zero-order chi connectivity index (χ0) is 12.0. The molecule has 0 aliphatic heterocycles. The maximum atomic E-state index is 4.13. The number of hydrogen-bond acceptors (Lipinski definition) is 3. The summed E-state index contributed by atoms with van der Waals surface area (Å²) in [5.74, 6) is 0.654. The van der Waals surface area contributed by atoms with E-state index < -0.39 is 0 Å². The molecule has 0 aromatic carbocycles.